The average molecular weight is 332 g/mol. The maximum Gasteiger partial charge on any atom is 0.221 e. The van der Waals surface area contributed by atoms with Crippen LogP contribution in [0.15, 0.2) is 0 Å². The van der Waals surface area contributed by atoms with Crippen molar-refractivity contribution in [2.24, 2.45) is 5.73 Å². The fourth-order valence-electron chi connectivity index (χ4n) is 2.43. The minimum Gasteiger partial charge on any atom is -0.370 e. The third-order valence-electron chi connectivity index (χ3n) is 3.71. The Hall–Kier alpha value is -0.750. The molecule has 0 saturated heterocycles. The number of nitrogens with one attached hydrogen (secondary N) is 1. The van der Waals surface area contributed by atoms with Crippen LogP contribution in [-0.2, 0) is 9.59 Å². The summed E-state index contributed by atoms with van der Waals surface area (Å²) in [5.41, 5.74) is 5.37. The first-order chi connectivity index (χ1) is 10.5. The van der Waals surface area contributed by atoms with Gasteiger partial charge in [0, 0.05) is 44.3 Å². The van der Waals surface area contributed by atoms with Crippen LogP contribution in [0.2, 0.25) is 0 Å². The number of hydrogen-bond acceptors (Lipinski definition) is 4. The zero-order chi connectivity index (χ0) is 16.8. The maximum atomic E-state index is 11.8. The van der Waals surface area contributed by atoms with Crippen molar-refractivity contribution in [3.8, 4) is 0 Å². The molecule has 22 heavy (non-hydrogen) atoms. The van der Waals surface area contributed by atoms with E-state index in [9.17, 15) is 9.59 Å². The molecule has 6 heteroatoms. The predicted molar refractivity (Wildman–Crippen MR) is 95.1 cm³/mol. The molecule has 0 saturated carbocycles. The average Bonchev–Trinajstić information content (AvgIpc) is 2.48. The van der Waals surface area contributed by atoms with E-state index < -0.39 is 0 Å². The van der Waals surface area contributed by atoms with Gasteiger partial charge in [-0.05, 0) is 12.8 Å². The lowest BCUT2D eigenvalue weighted by Crippen LogP contribution is -2.41. The van der Waals surface area contributed by atoms with Crippen LogP contribution in [0.25, 0.3) is 0 Å². The summed E-state index contributed by atoms with van der Waals surface area (Å²) in [5.74, 6) is 0.502. The summed E-state index contributed by atoms with van der Waals surface area (Å²) in [7, 11) is 0. The first-order valence-electron chi connectivity index (χ1n) is 8.45. The van der Waals surface area contributed by atoms with Crippen LogP contribution in [0.1, 0.15) is 58.8 Å². The second-order valence-corrected chi connectivity index (χ2v) is 6.13. The van der Waals surface area contributed by atoms with E-state index in [2.05, 4.69) is 36.7 Å². The molecule has 0 aliphatic heterocycles. The highest BCUT2D eigenvalue weighted by molar-refractivity contribution is 7.80. The van der Waals surface area contributed by atoms with Crippen LogP contribution >= 0.6 is 12.6 Å². The number of rotatable bonds is 14. The molecule has 1 unspecified atom stereocenters. The van der Waals surface area contributed by atoms with Gasteiger partial charge in [-0.15, -0.1) is 0 Å². The van der Waals surface area contributed by atoms with Gasteiger partial charge >= 0.3 is 0 Å². The molecule has 1 atom stereocenters. The van der Waals surface area contributed by atoms with Crippen molar-refractivity contribution in [3.05, 3.63) is 0 Å². The van der Waals surface area contributed by atoms with Crippen molar-refractivity contribution in [2.45, 2.75) is 64.8 Å². The lowest BCUT2D eigenvalue weighted by atomic mass is 10.0. The highest BCUT2D eigenvalue weighted by atomic mass is 32.1. The number of amides is 2. The monoisotopic (exact) mass is 331 g/mol. The minimum atomic E-state index is -0.280. The molecule has 0 aliphatic carbocycles. The normalized spacial score (nSPS) is 12.4. The minimum absolute atomic E-state index is 0.0749. The molecule has 0 aromatic carbocycles. The quantitative estimate of drug-likeness (QED) is 0.336. The van der Waals surface area contributed by atoms with Crippen molar-refractivity contribution in [3.63, 3.8) is 0 Å². The van der Waals surface area contributed by atoms with Gasteiger partial charge in [0.25, 0.3) is 0 Å². The van der Waals surface area contributed by atoms with Crippen LogP contribution in [0.3, 0.4) is 0 Å². The van der Waals surface area contributed by atoms with E-state index in [0.29, 0.717) is 25.1 Å². The van der Waals surface area contributed by atoms with Gasteiger partial charge in [0.05, 0.1) is 0 Å². The summed E-state index contributed by atoms with van der Waals surface area (Å²) in [6.07, 6.45) is 5.97. The summed E-state index contributed by atoms with van der Waals surface area (Å²) in [5, 5.41) is 2.93. The molecule has 0 fully saturated rings. The molecule has 0 rings (SSSR count). The molecular formula is C16H33N3O2S. The van der Waals surface area contributed by atoms with E-state index >= 15 is 0 Å². The zero-order valence-corrected chi connectivity index (χ0v) is 15.0. The van der Waals surface area contributed by atoms with Gasteiger partial charge < -0.3 is 11.1 Å². The van der Waals surface area contributed by atoms with Gasteiger partial charge in [-0.1, -0.05) is 33.1 Å². The van der Waals surface area contributed by atoms with Gasteiger partial charge in [0.15, 0.2) is 0 Å². The van der Waals surface area contributed by atoms with E-state index in [1.807, 2.05) is 0 Å². The number of carbonyl (C=O) groups excluding carboxylic acids is 2. The lowest BCUT2D eigenvalue weighted by molar-refractivity contribution is -0.121. The lowest BCUT2D eigenvalue weighted by Gasteiger charge is -2.30. The maximum absolute atomic E-state index is 11.8. The molecule has 0 aliphatic rings. The topological polar surface area (TPSA) is 75.4 Å². The van der Waals surface area contributed by atoms with Gasteiger partial charge in [-0.3, -0.25) is 14.5 Å². The Morgan fingerprint density at radius 2 is 1.86 bits per heavy atom. The number of unbranched alkanes of at least 4 members (excludes halogenated alkanes) is 2. The summed E-state index contributed by atoms with van der Waals surface area (Å²) in [6.45, 7) is 6.39. The summed E-state index contributed by atoms with van der Waals surface area (Å²) in [4.78, 5) is 25.3. The molecule has 0 radical (unpaired) electrons. The fraction of sp³-hybridized carbons (Fsp3) is 0.875. The number of thiol groups is 1. The van der Waals surface area contributed by atoms with Crippen LogP contribution in [0.4, 0.5) is 0 Å². The summed E-state index contributed by atoms with van der Waals surface area (Å²) >= 11 is 4.29. The Balaban J connectivity index is 4.43. The van der Waals surface area contributed by atoms with Crippen molar-refractivity contribution in [1.82, 2.24) is 10.2 Å². The Morgan fingerprint density at radius 3 is 2.41 bits per heavy atom. The SMILES string of the molecule is CCCCNC(=O)CCN(CCS)C(CCCC)CC(N)=O. The molecule has 2 amide bonds. The first kappa shape index (κ1) is 21.2. The smallest absolute Gasteiger partial charge is 0.221 e. The zero-order valence-electron chi connectivity index (χ0n) is 14.1. The molecule has 0 bridgehead atoms. The Morgan fingerprint density at radius 1 is 1.18 bits per heavy atom. The highest BCUT2D eigenvalue weighted by Crippen LogP contribution is 2.13. The predicted octanol–water partition coefficient (Wildman–Crippen LogP) is 1.96. The van der Waals surface area contributed by atoms with Gasteiger partial charge in [0.1, 0.15) is 0 Å². The van der Waals surface area contributed by atoms with Gasteiger partial charge in [-0.25, -0.2) is 0 Å². The third kappa shape index (κ3) is 10.9. The van der Waals surface area contributed by atoms with Crippen LogP contribution in [-0.4, -0.2) is 48.1 Å². The van der Waals surface area contributed by atoms with E-state index in [-0.39, 0.29) is 17.9 Å². The first-order valence-corrected chi connectivity index (χ1v) is 9.08. The van der Waals surface area contributed by atoms with Crippen molar-refractivity contribution >= 4 is 24.4 Å². The molecule has 0 spiro atoms. The Kier molecular flexibility index (Phi) is 13.4. The van der Waals surface area contributed by atoms with E-state index in [0.717, 1.165) is 45.2 Å². The summed E-state index contributed by atoms with van der Waals surface area (Å²) < 4.78 is 0. The number of carbonyl (C=O) groups is 2. The molecular weight excluding hydrogens is 298 g/mol. The number of hydrogen-bond donors (Lipinski definition) is 3. The number of primary amides is 1. The third-order valence-corrected chi connectivity index (χ3v) is 3.91. The number of nitrogens with zero attached hydrogens (tertiary/aromatic N) is 1. The van der Waals surface area contributed by atoms with E-state index in [1.165, 1.54) is 0 Å². The van der Waals surface area contributed by atoms with E-state index in [4.69, 9.17) is 5.73 Å². The molecule has 0 heterocycles. The van der Waals surface area contributed by atoms with Crippen molar-refractivity contribution in [1.29, 1.82) is 0 Å². The molecule has 0 aromatic heterocycles. The van der Waals surface area contributed by atoms with Gasteiger partial charge in [0.2, 0.25) is 11.8 Å². The Labute approximate surface area is 140 Å². The molecule has 3 N–H and O–H groups in total. The van der Waals surface area contributed by atoms with Crippen molar-refractivity contribution < 1.29 is 9.59 Å². The Bertz CT molecular complexity index is 314. The fourth-order valence-corrected chi connectivity index (χ4v) is 2.69. The standard InChI is InChI=1S/C16H33N3O2S/c1-3-5-7-14(13-15(17)20)19(11-12-22)10-8-16(21)18-9-6-4-2/h14,22H,3-13H2,1-2H3,(H2,17,20)(H,18,21). The molecule has 0 aromatic rings. The van der Waals surface area contributed by atoms with Crippen LogP contribution in [0.5, 0.6) is 0 Å². The molecule has 5 nitrogen and oxygen atoms in total. The van der Waals surface area contributed by atoms with Gasteiger partial charge in [-0.2, -0.15) is 12.6 Å². The van der Waals surface area contributed by atoms with Crippen molar-refractivity contribution in [2.75, 3.05) is 25.4 Å². The van der Waals surface area contributed by atoms with E-state index in [1.54, 1.807) is 0 Å². The number of nitrogens with two attached hydrogens (primary N) is 1. The van der Waals surface area contributed by atoms with Crippen LogP contribution in [0, 0.1) is 0 Å². The second-order valence-electron chi connectivity index (χ2n) is 5.68. The second kappa shape index (κ2) is 13.9. The molecule has 130 valence electrons. The van der Waals surface area contributed by atoms with Crippen LogP contribution < -0.4 is 11.1 Å². The summed E-state index contributed by atoms with van der Waals surface area (Å²) in [6, 6.07) is 0.119. The largest absolute Gasteiger partial charge is 0.370 e. The highest BCUT2D eigenvalue weighted by Gasteiger charge is 2.20.